The third kappa shape index (κ3) is 7.02. The molecule has 1 rings (SSSR count). The van der Waals surface area contributed by atoms with Gasteiger partial charge in [0.25, 0.3) is 0 Å². The van der Waals surface area contributed by atoms with E-state index in [1.54, 1.807) is 0 Å². The molecule has 0 heterocycles. The van der Waals surface area contributed by atoms with Crippen molar-refractivity contribution in [3.63, 3.8) is 0 Å². The van der Waals surface area contributed by atoms with Gasteiger partial charge in [0.1, 0.15) is 12.4 Å². The number of ether oxygens (including phenoxy) is 1. The number of nitrogens with one attached hydrogen (secondary N) is 1. The van der Waals surface area contributed by atoms with Gasteiger partial charge in [-0.3, -0.25) is 0 Å². The Balaban J connectivity index is 2.19. The molecule has 1 N–H and O–H groups in total. The lowest BCUT2D eigenvalue weighted by atomic mass is 10.1. The third-order valence-corrected chi connectivity index (χ3v) is 2.94. The van der Waals surface area contributed by atoms with Crippen molar-refractivity contribution in [1.29, 1.82) is 0 Å². The minimum absolute atomic E-state index is 0.718. The highest BCUT2D eigenvalue weighted by Gasteiger charge is 1.99. The lowest BCUT2D eigenvalue weighted by Crippen LogP contribution is -2.22. The fourth-order valence-corrected chi connectivity index (χ4v) is 1.92. The smallest absolute Gasteiger partial charge is 0.126 e. The molecule has 0 atom stereocenters. The Hall–Kier alpha value is -1.28. The zero-order chi connectivity index (χ0) is 13.9. The summed E-state index contributed by atoms with van der Waals surface area (Å²) in [6.45, 7) is 9.26. The van der Waals surface area contributed by atoms with E-state index in [-0.39, 0.29) is 0 Å². The van der Waals surface area contributed by atoms with Gasteiger partial charge in [0.15, 0.2) is 0 Å². The number of hydrogen-bond donors (Lipinski definition) is 1. The second-order valence-corrected chi connectivity index (χ2v) is 5.17. The molecule has 0 spiro atoms. The van der Waals surface area contributed by atoms with Crippen molar-refractivity contribution in [3.05, 3.63) is 35.9 Å². The van der Waals surface area contributed by atoms with Crippen molar-refractivity contribution in [2.45, 2.75) is 33.6 Å². The lowest BCUT2D eigenvalue weighted by molar-refractivity contribution is 0.312. The highest BCUT2D eigenvalue weighted by atomic mass is 16.5. The maximum Gasteiger partial charge on any atom is 0.126 e. The molecule has 106 valence electrons. The molecule has 0 unspecified atom stereocenters. The van der Waals surface area contributed by atoms with Crippen LogP contribution in [-0.4, -0.2) is 19.7 Å². The van der Waals surface area contributed by atoms with Crippen molar-refractivity contribution in [2.75, 3.05) is 19.7 Å². The summed E-state index contributed by atoms with van der Waals surface area (Å²) in [5.74, 6) is 1.76. The predicted molar refractivity (Wildman–Crippen MR) is 83.6 cm³/mol. The quantitative estimate of drug-likeness (QED) is 0.675. The predicted octanol–water partition coefficient (Wildman–Crippen LogP) is 4.12. The van der Waals surface area contributed by atoms with Crippen LogP contribution < -0.4 is 10.1 Å². The summed E-state index contributed by atoms with van der Waals surface area (Å²) in [5, 5.41) is 3.42. The largest absolute Gasteiger partial charge is 0.492 e. The molecule has 0 aliphatic heterocycles. The molecule has 0 aliphatic rings. The third-order valence-electron chi connectivity index (χ3n) is 2.94. The molecular weight excluding hydrogens is 234 g/mol. The number of rotatable bonds is 9. The molecule has 0 bridgehead atoms. The Bertz CT molecular complexity index is 371. The van der Waals surface area contributed by atoms with Crippen LogP contribution in [0.15, 0.2) is 30.3 Å². The number of para-hydroxylation sites is 1. The summed E-state index contributed by atoms with van der Waals surface area (Å²) < 4.78 is 5.80. The molecule has 0 fully saturated rings. The van der Waals surface area contributed by atoms with Crippen LogP contribution in [0.2, 0.25) is 0 Å². The summed E-state index contributed by atoms with van der Waals surface area (Å²) in [4.78, 5) is 0. The van der Waals surface area contributed by atoms with Gasteiger partial charge in [-0.1, -0.05) is 44.2 Å². The first kappa shape index (κ1) is 15.8. The maximum absolute atomic E-state index is 5.80. The molecule has 0 aliphatic carbocycles. The second-order valence-electron chi connectivity index (χ2n) is 5.17. The molecule has 1 aromatic carbocycles. The SMILES string of the molecule is C/C=C/c1ccccc1OCCNCCCC(C)C. The van der Waals surface area contributed by atoms with Gasteiger partial charge < -0.3 is 10.1 Å². The molecule has 2 nitrogen and oxygen atoms in total. The lowest BCUT2D eigenvalue weighted by Gasteiger charge is -2.10. The van der Waals surface area contributed by atoms with Crippen LogP contribution in [0.1, 0.15) is 39.2 Å². The topological polar surface area (TPSA) is 21.3 Å². The molecule has 0 saturated heterocycles. The standard InChI is InChI=1S/C17H27NO/c1-4-8-16-10-5-6-11-17(16)19-14-13-18-12-7-9-15(2)3/h4-6,8,10-11,15,18H,7,9,12-14H2,1-3H3/b8-4+. The van der Waals surface area contributed by atoms with E-state index in [1.807, 2.05) is 31.2 Å². The molecule has 0 aromatic heterocycles. The Morgan fingerprint density at radius 2 is 2.00 bits per heavy atom. The van der Waals surface area contributed by atoms with Gasteiger partial charge in [0.05, 0.1) is 0 Å². The first-order valence-corrected chi connectivity index (χ1v) is 7.29. The number of benzene rings is 1. The van der Waals surface area contributed by atoms with Crippen molar-refractivity contribution in [2.24, 2.45) is 5.92 Å². The second kappa shape index (κ2) is 9.62. The molecule has 0 saturated carbocycles. The van der Waals surface area contributed by atoms with E-state index in [0.29, 0.717) is 0 Å². The van der Waals surface area contributed by atoms with Crippen LogP contribution in [0, 0.1) is 5.92 Å². The van der Waals surface area contributed by atoms with Gasteiger partial charge in [-0.2, -0.15) is 0 Å². The highest BCUT2D eigenvalue weighted by molar-refractivity contribution is 5.56. The van der Waals surface area contributed by atoms with Gasteiger partial charge in [0, 0.05) is 12.1 Å². The van der Waals surface area contributed by atoms with Crippen LogP contribution in [0.4, 0.5) is 0 Å². The minimum Gasteiger partial charge on any atom is -0.492 e. The number of hydrogen-bond acceptors (Lipinski definition) is 2. The van der Waals surface area contributed by atoms with Crippen LogP contribution in [-0.2, 0) is 0 Å². The van der Waals surface area contributed by atoms with Gasteiger partial charge in [0.2, 0.25) is 0 Å². The van der Waals surface area contributed by atoms with Gasteiger partial charge in [-0.05, 0) is 38.3 Å². The first-order chi connectivity index (χ1) is 9.24. The van der Waals surface area contributed by atoms with E-state index in [0.717, 1.165) is 36.9 Å². The summed E-state index contributed by atoms with van der Waals surface area (Å²) in [5.41, 5.74) is 1.14. The van der Waals surface area contributed by atoms with Gasteiger partial charge >= 0.3 is 0 Å². The summed E-state index contributed by atoms with van der Waals surface area (Å²) in [7, 11) is 0. The molecule has 1 aromatic rings. The average molecular weight is 261 g/mol. The van der Waals surface area contributed by atoms with Crippen molar-refractivity contribution in [3.8, 4) is 5.75 Å². The molecule has 0 amide bonds. The summed E-state index contributed by atoms with van der Waals surface area (Å²) in [6.07, 6.45) is 6.64. The number of allylic oxidation sites excluding steroid dienone is 1. The molecule has 2 heteroatoms. The highest BCUT2D eigenvalue weighted by Crippen LogP contribution is 2.19. The summed E-state index contributed by atoms with van der Waals surface area (Å²) >= 11 is 0. The van der Waals surface area contributed by atoms with E-state index in [9.17, 15) is 0 Å². The van der Waals surface area contributed by atoms with Crippen LogP contribution in [0.3, 0.4) is 0 Å². The Labute approximate surface area is 117 Å². The Morgan fingerprint density at radius 1 is 1.21 bits per heavy atom. The maximum atomic E-state index is 5.80. The molecule has 0 radical (unpaired) electrons. The molecular formula is C17H27NO. The first-order valence-electron chi connectivity index (χ1n) is 7.29. The molecule has 19 heavy (non-hydrogen) atoms. The minimum atomic E-state index is 0.718. The van der Waals surface area contributed by atoms with Crippen molar-refractivity contribution < 1.29 is 4.74 Å². The van der Waals surface area contributed by atoms with Crippen LogP contribution in [0.5, 0.6) is 5.75 Å². The van der Waals surface area contributed by atoms with Crippen LogP contribution in [0.25, 0.3) is 6.08 Å². The van der Waals surface area contributed by atoms with Crippen molar-refractivity contribution in [1.82, 2.24) is 5.32 Å². The average Bonchev–Trinajstić information content (AvgIpc) is 2.39. The van der Waals surface area contributed by atoms with E-state index >= 15 is 0 Å². The fraction of sp³-hybridized carbons (Fsp3) is 0.529. The zero-order valence-electron chi connectivity index (χ0n) is 12.5. The van der Waals surface area contributed by atoms with E-state index in [1.165, 1.54) is 12.8 Å². The van der Waals surface area contributed by atoms with E-state index in [4.69, 9.17) is 4.74 Å². The zero-order valence-corrected chi connectivity index (χ0v) is 12.5. The monoisotopic (exact) mass is 261 g/mol. The Kier molecular flexibility index (Phi) is 7.99. The fourth-order valence-electron chi connectivity index (χ4n) is 1.92. The normalized spacial score (nSPS) is 11.4. The van der Waals surface area contributed by atoms with E-state index < -0.39 is 0 Å². The van der Waals surface area contributed by atoms with Crippen LogP contribution >= 0.6 is 0 Å². The van der Waals surface area contributed by atoms with E-state index in [2.05, 4.69) is 31.3 Å². The van der Waals surface area contributed by atoms with Crippen molar-refractivity contribution >= 4 is 6.08 Å². The summed E-state index contributed by atoms with van der Waals surface area (Å²) in [6, 6.07) is 8.14. The van der Waals surface area contributed by atoms with Gasteiger partial charge in [-0.25, -0.2) is 0 Å². The van der Waals surface area contributed by atoms with Gasteiger partial charge in [-0.15, -0.1) is 0 Å². The Morgan fingerprint density at radius 3 is 2.74 bits per heavy atom.